The smallest absolute Gasteiger partial charge is 0.267 e. The third-order valence-electron chi connectivity index (χ3n) is 4.62. The van der Waals surface area contributed by atoms with Gasteiger partial charge in [0.2, 0.25) is 0 Å². The summed E-state index contributed by atoms with van der Waals surface area (Å²) in [5.74, 6) is -0.510. The van der Waals surface area contributed by atoms with Gasteiger partial charge in [0.25, 0.3) is 5.91 Å². The molecule has 0 saturated heterocycles. The molecule has 0 atom stereocenters. The van der Waals surface area contributed by atoms with Crippen LogP contribution < -0.4 is 5.73 Å². The molecule has 0 aliphatic heterocycles. The van der Waals surface area contributed by atoms with Gasteiger partial charge in [-0.15, -0.1) is 0 Å². The average Bonchev–Trinajstić information content (AvgIpc) is 2.46. The Balaban J connectivity index is 2.50. The fourth-order valence-electron chi connectivity index (χ4n) is 3.26. The minimum Gasteiger partial charge on any atom is -0.364 e. The van der Waals surface area contributed by atoms with E-state index in [4.69, 9.17) is 5.73 Å². The Bertz CT molecular complexity index is 691. The minimum atomic E-state index is -0.510. The standard InChI is InChI=1S/C20H26N2O/c1-13(2)16(15-8-9-18(19(21)23)22-12-15)11-17-14(3)7-6-10-20(17,4)5/h8-9,11-12H,1,6-7,10H2,2-5H3,(H2,21,23). The van der Waals surface area contributed by atoms with Crippen molar-refractivity contribution in [3.05, 3.63) is 59.0 Å². The first-order valence-corrected chi connectivity index (χ1v) is 8.06. The highest BCUT2D eigenvalue weighted by Gasteiger charge is 2.27. The summed E-state index contributed by atoms with van der Waals surface area (Å²) in [6.45, 7) is 12.9. The lowest BCUT2D eigenvalue weighted by molar-refractivity contribution is 0.0995. The van der Waals surface area contributed by atoms with E-state index in [-0.39, 0.29) is 11.1 Å². The molecule has 1 aromatic rings. The zero-order valence-corrected chi connectivity index (χ0v) is 14.6. The molecule has 23 heavy (non-hydrogen) atoms. The fraction of sp³-hybridized carbons (Fsp3) is 0.400. The van der Waals surface area contributed by atoms with Crippen LogP contribution in [0.15, 0.2) is 47.7 Å². The van der Waals surface area contributed by atoms with Crippen LogP contribution in [-0.4, -0.2) is 10.9 Å². The Morgan fingerprint density at radius 2 is 2.09 bits per heavy atom. The van der Waals surface area contributed by atoms with Crippen LogP contribution >= 0.6 is 0 Å². The second-order valence-corrected chi connectivity index (χ2v) is 7.07. The van der Waals surface area contributed by atoms with Crippen LogP contribution in [0.1, 0.15) is 63.0 Å². The third-order valence-corrected chi connectivity index (χ3v) is 4.62. The van der Waals surface area contributed by atoms with Gasteiger partial charge in [-0.25, -0.2) is 0 Å². The summed E-state index contributed by atoms with van der Waals surface area (Å²) in [6.07, 6.45) is 7.54. The van der Waals surface area contributed by atoms with Crippen molar-refractivity contribution in [2.24, 2.45) is 11.1 Å². The molecule has 3 heteroatoms. The zero-order valence-electron chi connectivity index (χ0n) is 14.6. The number of primary amides is 1. The number of rotatable bonds is 4. The highest BCUT2D eigenvalue weighted by molar-refractivity contribution is 5.91. The summed E-state index contributed by atoms with van der Waals surface area (Å²) in [4.78, 5) is 15.3. The van der Waals surface area contributed by atoms with E-state index in [1.54, 1.807) is 12.3 Å². The molecule has 1 aliphatic carbocycles. The summed E-state index contributed by atoms with van der Waals surface area (Å²) in [5, 5.41) is 0. The molecule has 1 aliphatic rings. The number of nitrogens with two attached hydrogens (primary N) is 1. The van der Waals surface area contributed by atoms with E-state index in [2.05, 4.69) is 38.4 Å². The lowest BCUT2D eigenvalue weighted by atomic mass is 9.72. The van der Waals surface area contributed by atoms with Crippen LogP contribution in [0.25, 0.3) is 5.57 Å². The SMILES string of the molecule is C=C(C)C(=CC1=C(C)CCCC1(C)C)c1ccc(C(N)=O)nc1. The van der Waals surface area contributed by atoms with Gasteiger partial charge < -0.3 is 5.73 Å². The molecule has 1 heterocycles. The van der Waals surface area contributed by atoms with Gasteiger partial charge in [0.1, 0.15) is 5.69 Å². The second-order valence-electron chi connectivity index (χ2n) is 7.07. The topological polar surface area (TPSA) is 56.0 Å². The van der Waals surface area contributed by atoms with E-state index in [0.717, 1.165) is 23.1 Å². The molecule has 1 aromatic heterocycles. The third kappa shape index (κ3) is 3.79. The van der Waals surface area contributed by atoms with Crippen molar-refractivity contribution in [2.75, 3.05) is 0 Å². The molecule has 0 radical (unpaired) electrons. The predicted molar refractivity (Wildman–Crippen MR) is 95.9 cm³/mol. The minimum absolute atomic E-state index is 0.170. The van der Waals surface area contributed by atoms with Crippen molar-refractivity contribution in [1.29, 1.82) is 0 Å². The normalized spacial score (nSPS) is 18.0. The summed E-state index contributed by atoms with van der Waals surface area (Å²) in [6, 6.07) is 3.56. The highest BCUT2D eigenvalue weighted by Crippen LogP contribution is 2.42. The molecule has 3 nitrogen and oxygen atoms in total. The quantitative estimate of drug-likeness (QED) is 0.822. The van der Waals surface area contributed by atoms with Gasteiger partial charge in [-0.1, -0.05) is 43.7 Å². The van der Waals surface area contributed by atoms with Gasteiger partial charge in [0, 0.05) is 11.8 Å². The van der Waals surface area contributed by atoms with E-state index < -0.39 is 5.91 Å². The van der Waals surface area contributed by atoms with Crippen molar-refractivity contribution in [3.8, 4) is 0 Å². The molecular weight excluding hydrogens is 284 g/mol. The van der Waals surface area contributed by atoms with Gasteiger partial charge >= 0.3 is 0 Å². The first-order chi connectivity index (χ1) is 10.7. The maximum atomic E-state index is 11.2. The van der Waals surface area contributed by atoms with E-state index in [0.29, 0.717) is 0 Å². The Kier molecular flexibility index (Phi) is 4.88. The summed E-state index contributed by atoms with van der Waals surface area (Å²) >= 11 is 0. The molecular formula is C20H26N2O. The van der Waals surface area contributed by atoms with Crippen LogP contribution in [0.2, 0.25) is 0 Å². The van der Waals surface area contributed by atoms with Crippen LogP contribution in [0.5, 0.6) is 0 Å². The number of aromatic nitrogens is 1. The van der Waals surface area contributed by atoms with Gasteiger partial charge in [0.05, 0.1) is 0 Å². The number of hydrogen-bond acceptors (Lipinski definition) is 2. The number of allylic oxidation sites excluding steroid dienone is 5. The Labute approximate surface area is 139 Å². The zero-order chi connectivity index (χ0) is 17.2. The molecule has 122 valence electrons. The number of carbonyl (C=O) groups excluding carboxylic acids is 1. The van der Waals surface area contributed by atoms with Crippen molar-refractivity contribution in [1.82, 2.24) is 4.98 Å². The fourth-order valence-corrected chi connectivity index (χ4v) is 3.26. The van der Waals surface area contributed by atoms with E-state index in [1.807, 2.05) is 13.0 Å². The number of pyridine rings is 1. The van der Waals surface area contributed by atoms with E-state index in [9.17, 15) is 4.79 Å². The number of carbonyl (C=O) groups is 1. The first-order valence-electron chi connectivity index (χ1n) is 8.06. The summed E-state index contributed by atoms with van der Waals surface area (Å²) < 4.78 is 0. The highest BCUT2D eigenvalue weighted by atomic mass is 16.1. The summed E-state index contributed by atoms with van der Waals surface area (Å²) in [5.41, 5.74) is 11.6. The molecule has 0 spiro atoms. The van der Waals surface area contributed by atoms with E-state index >= 15 is 0 Å². The lowest BCUT2D eigenvalue weighted by Gasteiger charge is -2.33. The van der Waals surface area contributed by atoms with Crippen LogP contribution in [0, 0.1) is 5.41 Å². The van der Waals surface area contributed by atoms with Crippen molar-refractivity contribution in [2.45, 2.75) is 47.0 Å². The lowest BCUT2D eigenvalue weighted by Crippen LogP contribution is -2.19. The number of hydrogen-bond donors (Lipinski definition) is 1. The van der Waals surface area contributed by atoms with Crippen LogP contribution in [-0.2, 0) is 0 Å². The largest absolute Gasteiger partial charge is 0.364 e. The molecule has 0 unspecified atom stereocenters. The monoisotopic (exact) mass is 310 g/mol. The Morgan fingerprint density at radius 1 is 1.39 bits per heavy atom. The molecule has 0 aromatic carbocycles. The Morgan fingerprint density at radius 3 is 2.57 bits per heavy atom. The maximum Gasteiger partial charge on any atom is 0.267 e. The summed E-state index contributed by atoms with van der Waals surface area (Å²) in [7, 11) is 0. The molecule has 1 amide bonds. The predicted octanol–water partition coefficient (Wildman–Crippen LogP) is 4.67. The van der Waals surface area contributed by atoms with E-state index in [1.165, 1.54) is 24.0 Å². The van der Waals surface area contributed by atoms with Crippen LogP contribution in [0.3, 0.4) is 0 Å². The second kappa shape index (κ2) is 6.53. The van der Waals surface area contributed by atoms with Crippen molar-refractivity contribution >= 4 is 11.5 Å². The molecule has 0 saturated carbocycles. The maximum absolute atomic E-state index is 11.2. The molecule has 0 fully saturated rings. The average molecular weight is 310 g/mol. The first kappa shape index (κ1) is 17.2. The van der Waals surface area contributed by atoms with Crippen LogP contribution in [0.4, 0.5) is 0 Å². The van der Waals surface area contributed by atoms with Gasteiger partial charge in [-0.2, -0.15) is 0 Å². The van der Waals surface area contributed by atoms with Gasteiger partial charge in [0.15, 0.2) is 0 Å². The molecule has 2 N–H and O–H groups in total. The van der Waals surface area contributed by atoms with Crippen molar-refractivity contribution < 1.29 is 4.79 Å². The number of amides is 1. The molecule has 0 bridgehead atoms. The van der Waals surface area contributed by atoms with Crippen molar-refractivity contribution in [3.63, 3.8) is 0 Å². The Hall–Kier alpha value is -2.16. The number of nitrogens with zero attached hydrogens (tertiary/aromatic N) is 1. The van der Waals surface area contributed by atoms with Gasteiger partial charge in [-0.05, 0) is 55.7 Å². The van der Waals surface area contributed by atoms with Gasteiger partial charge in [-0.3, -0.25) is 9.78 Å². The molecule has 2 rings (SSSR count).